The van der Waals surface area contributed by atoms with E-state index in [0.29, 0.717) is 11.7 Å². The third kappa shape index (κ3) is 3.40. The SMILES string of the molecule is Cc1ccc(COC(=S)c2ccccc2)cc1. The summed E-state index contributed by atoms with van der Waals surface area (Å²) in [7, 11) is 0. The van der Waals surface area contributed by atoms with Crippen LogP contribution in [0.25, 0.3) is 0 Å². The summed E-state index contributed by atoms with van der Waals surface area (Å²) in [5.41, 5.74) is 3.34. The van der Waals surface area contributed by atoms with Crippen molar-refractivity contribution in [1.29, 1.82) is 0 Å². The highest BCUT2D eigenvalue weighted by Gasteiger charge is 2.01. The fourth-order valence-corrected chi connectivity index (χ4v) is 1.69. The summed E-state index contributed by atoms with van der Waals surface area (Å²) >= 11 is 5.22. The van der Waals surface area contributed by atoms with Crippen LogP contribution in [-0.4, -0.2) is 5.05 Å². The van der Waals surface area contributed by atoms with Crippen LogP contribution in [0.5, 0.6) is 0 Å². The summed E-state index contributed by atoms with van der Waals surface area (Å²) in [4.78, 5) is 0. The van der Waals surface area contributed by atoms with Gasteiger partial charge in [0, 0.05) is 5.56 Å². The van der Waals surface area contributed by atoms with Crippen LogP contribution in [-0.2, 0) is 11.3 Å². The Labute approximate surface area is 107 Å². The molecule has 0 aliphatic rings. The zero-order valence-electron chi connectivity index (χ0n) is 9.72. The molecule has 0 fully saturated rings. The van der Waals surface area contributed by atoms with Gasteiger partial charge in [-0.05, 0) is 24.7 Å². The number of hydrogen-bond acceptors (Lipinski definition) is 2. The predicted octanol–water partition coefficient (Wildman–Crippen LogP) is 3.89. The standard InChI is InChI=1S/C15H14OS/c1-12-7-9-13(10-8-12)11-16-15(17)14-5-3-2-4-6-14/h2-10H,11H2,1H3. The molecule has 2 rings (SSSR count). The van der Waals surface area contributed by atoms with Crippen LogP contribution in [0.3, 0.4) is 0 Å². The zero-order valence-corrected chi connectivity index (χ0v) is 10.5. The first-order valence-electron chi connectivity index (χ1n) is 5.53. The molecule has 0 unspecified atom stereocenters. The summed E-state index contributed by atoms with van der Waals surface area (Å²) in [6.45, 7) is 2.59. The molecule has 2 aromatic carbocycles. The third-order valence-electron chi connectivity index (χ3n) is 2.50. The summed E-state index contributed by atoms with van der Waals surface area (Å²) in [6.07, 6.45) is 0. The van der Waals surface area contributed by atoms with Gasteiger partial charge in [-0.1, -0.05) is 60.2 Å². The minimum Gasteiger partial charge on any atom is -0.478 e. The summed E-state index contributed by atoms with van der Waals surface area (Å²) < 4.78 is 5.59. The van der Waals surface area contributed by atoms with Crippen molar-refractivity contribution in [3.05, 3.63) is 71.3 Å². The van der Waals surface area contributed by atoms with Crippen molar-refractivity contribution in [2.75, 3.05) is 0 Å². The van der Waals surface area contributed by atoms with Gasteiger partial charge in [0.15, 0.2) is 5.05 Å². The number of benzene rings is 2. The van der Waals surface area contributed by atoms with E-state index in [4.69, 9.17) is 17.0 Å². The van der Waals surface area contributed by atoms with Crippen LogP contribution in [0.2, 0.25) is 0 Å². The molecule has 17 heavy (non-hydrogen) atoms. The minimum atomic E-state index is 0.522. The molecule has 0 amide bonds. The second-order valence-corrected chi connectivity index (χ2v) is 4.30. The van der Waals surface area contributed by atoms with Gasteiger partial charge in [-0.25, -0.2) is 0 Å². The fraction of sp³-hybridized carbons (Fsp3) is 0.133. The van der Waals surface area contributed by atoms with E-state index in [1.165, 1.54) is 5.56 Å². The van der Waals surface area contributed by atoms with Gasteiger partial charge in [0.05, 0.1) is 0 Å². The van der Waals surface area contributed by atoms with E-state index >= 15 is 0 Å². The molecule has 0 spiro atoms. The average Bonchev–Trinajstić information content (AvgIpc) is 2.39. The van der Waals surface area contributed by atoms with E-state index < -0.39 is 0 Å². The highest BCUT2D eigenvalue weighted by Crippen LogP contribution is 2.08. The highest BCUT2D eigenvalue weighted by atomic mass is 32.1. The van der Waals surface area contributed by atoms with E-state index in [0.717, 1.165) is 11.1 Å². The topological polar surface area (TPSA) is 9.23 Å². The Balaban J connectivity index is 1.95. The average molecular weight is 242 g/mol. The van der Waals surface area contributed by atoms with Gasteiger partial charge in [-0.2, -0.15) is 0 Å². The lowest BCUT2D eigenvalue weighted by Crippen LogP contribution is -2.03. The zero-order chi connectivity index (χ0) is 12.1. The number of hydrogen-bond donors (Lipinski definition) is 0. The Morgan fingerprint density at radius 2 is 1.65 bits per heavy atom. The first-order valence-corrected chi connectivity index (χ1v) is 5.94. The van der Waals surface area contributed by atoms with Crippen molar-refractivity contribution < 1.29 is 4.74 Å². The van der Waals surface area contributed by atoms with Crippen LogP contribution in [0.1, 0.15) is 16.7 Å². The monoisotopic (exact) mass is 242 g/mol. The van der Waals surface area contributed by atoms with Crippen molar-refractivity contribution >= 4 is 17.3 Å². The van der Waals surface area contributed by atoms with Gasteiger partial charge in [0.25, 0.3) is 0 Å². The molecule has 0 saturated carbocycles. The maximum atomic E-state index is 5.59. The molecule has 0 aromatic heterocycles. The Bertz CT molecular complexity index is 488. The molecule has 2 heteroatoms. The second-order valence-electron chi connectivity index (χ2n) is 3.93. The molecule has 0 aliphatic heterocycles. The highest BCUT2D eigenvalue weighted by molar-refractivity contribution is 7.80. The molecule has 0 N–H and O–H groups in total. The number of ether oxygens (including phenoxy) is 1. The van der Waals surface area contributed by atoms with Gasteiger partial charge >= 0.3 is 0 Å². The molecule has 0 saturated heterocycles. The normalized spacial score (nSPS) is 9.94. The Morgan fingerprint density at radius 1 is 1.00 bits per heavy atom. The molecular formula is C15H14OS. The molecule has 0 bridgehead atoms. The van der Waals surface area contributed by atoms with Gasteiger partial charge in [0.2, 0.25) is 0 Å². The smallest absolute Gasteiger partial charge is 0.191 e. The predicted molar refractivity (Wildman–Crippen MR) is 74.1 cm³/mol. The van der Waals surface area contributed by atoms with Crippen molar-refractivity contribution in [1.82, 2.24) is 0 Å². The molecule has 2 aromatic rings. The molecule has 86 valence electrons. The molecule has 0 heterocycles. The second kappa shape index (κ2) is 5.60. The lowest BCUT2D eigenvalue weighted by molar-refractivity contribution is 0.302. The van der Waals surface area contributed by atoms with E-state index in [2.05, 4.69) is 31.2 Å². The quantitative estimate of drug-likeness (QED) is 0.755. The number of rotatable bonds is 3. The Morgan fingerprint density at radius 3 is 2.29 bits per heavy atom. The van der Waals surface area contributed by atoms with E-state index in [-0.39, 0.29) is 0 Å². The van der Waals surface area contributed by atoms with Gasteiger partial charge in [-0.3, -0.25) is 0 Å². The van der Waals surface area contributed by atoms with Crippen LogP contribution < -0.4 is 0 Å². The lowest BCUT2D eigenvalue weighted by atomic mass is 10.2. The number of aryl methyl sites for hydroxylation is 1. The van der Waals surface area contributed by atoms with Crippen LogP contribution >= 0.6 is 12.2 Å². The molecule has 0 radical (unpaired) electrons. The van der Waals surface area contributed by atoms with Crippen molar-refractivity contribution in [3.8, 4) is 0 Å². The van der Waals surface area contributed by atoms with Gasteiger partial charge in [-0.15, -0.1) is 0 Å². The maximum absolute atomic E-state index is 5.59. The molecular weight excluding hydrogens is 228 g/mol. The Kier molecular flexibility index (Phi) is 3.89. The largest absolute Gasteiger partial charge is 0.478 e. The van der Waals surface area contributed by atoms with Gasteiger partial charge in [0.1, 0.15) is 6.61 Å². The van der Waals surface area contributed by atoms with E-state index in [1.54, 1.807) is 0 Å². The maximum Gasteiger partial charge on any atom is 0.191 e. The van der Waals surface area contributed by atoms with Crippen LogP contribution in [0, 0.1) is 6.92 Å². The van der Waals surface area contributed by atoms with Gasteiger partial charge < -0.3 is 4.74 Å². The van der Waals surface area contributed by atoms with E-state index in [1.807, 2.05) is 30.3 Å². The molecule has 0 aliphatic carbocycles. The Hall–Kier alpha value is -1.67. The summed E-state index contributed by atoms with van der Waals surface area (Å²) in [5, 5.41) is 0.547. The van der Waals surface area contributed by atoms with Crippen molar-refractivity contribution in [2.24, 2.45) is 0 Å². The third-order valence-corrected chi connectivity index (χ3v) is 2.85. The van der Waals surface area contributed by atoms with Crippen LogP contribution in [0.4, 0.5) is 0 Å². The fourth-order valence-electron chi connectivity index (χ4n) is 1.49. The van der Waals surface area contributed by atoms with E-state index in [9.17, 15) is 0 Å². The van der Waals surface area contributed by atoms with Crippen molar-refractivity contribution in [3.63, 3.8) is 0 Å². The van der Waals surface area contributed by atoms with Crippen molar-refractivity contribution in [2.45, 2.75) is 13.5 Å². The minimum absolute atomic E-state index is 0.522. The van der Waals surface area contributed by atoms with Crippen LogP contribution in [0.15, 0.2) is 54.6 Å². The first kappa shape index (κ1) is 11.8. The molecule has 0 atom stereocenters. The lowest BCUT2D eigenvalue weighted by Gasteiger charge is -2.07. The first-order chi connectivity index (χ1) is 8.25. The summed E-state index contributed by atoms with van der Waals surface area (Å²) in [6, 6.07) is 18.1. The molecule has 1 nitrogen and oxygen atoms in total. The number of thiocarbonyl (C=S) groups is 1. The summed E-state index contributed by atoms with van der Waals surface area (Å²) in [5.74, 6) is 0.